The van der Waals surface area contributed by atoms with E-state index in [1.807, 2.05) is 0 Å². The first-order chi connectivity index (χ1) is 7.24. The van der Waals surface area contributed by atoms with Crippen LogP contribution in [0.1, 0.15) is 16.9 Å². The molecule has 1 atom stereocenters. The number of ether oxygens (including phenoxy) is 1. The Hall–Kier alpha value is -1.05. The van der Waals surface area contributed by atoms with Gasteiger partial charge in [-0.1, -0.05) is 4.49 Å². The van der Waals surface area contributed by atoms with Gasteiger partial charge in [-0.05, 0) is 18.0 Å². The molecule has 0 bridgehead atoms. The zero-order chi connectivity index (χ0) is 11.1. The lowest BCUT2D eigenvalue weighted by Crippen LogP contribution is -2.28. The Morgan fingerprint density at radius 2 is 2.60 bits per heavy atom. The largest absolute Gasteiger partial charge is 0.391 e. The molecule has 0 aromatic carbocycles. The van der Waals surface area contributed by atoms with Gasteiger partial charge in [-0.3, -0.25) is 4.79 Å². The van der Waals surface area contributed by atoms with E-state index in [0.29, 0.717) is 18.7 Å². The second kappa shape index (κ2) is 6.44. The molecule has 1 unspecified atom stereocenters. The van der Waals surface area contributed by atoms with Crippen LogP contribution in [-0.4, -0.2) is 47.0 Å². The van der Waals surface area contributed by atoms with Crippen molar-refractivity contribution in [3.05, 3.63) is 11.1 Å². The predicted octanol–water partition coefficient (Wildman–Crippen LogP) is -0.335. The van der Waals surface area contributed by atoms with Crippen LogP contribution in [0.4, 0.5) is 0 Å². The van der Waals surface area contributed by atoms with E-state index in [1.165, 1.54) is 7.11 Å². The summed E-state index contributed by atoms with van der Waals surface area (Å²) in [7, 11) is 1.52. The third kappa shape index (κ3) is 4.32. The van der Waals surface area contributed by atoms with E-state index < -0.39 is 6.10 Å². The monoisotopic (exact) mass is 231 g/mol. The van der Waals surface area contributed by atoms with Crippen LogP contribution in [0.2, 0.25) is 0 Å². The lowest BCUT2D eigenvalue weighted by Gasteiger charge is -2.09. The fourth-order valence-electron chi connectivity index (χ4n) is 0.982. The summed E-state index contributed by atoms with van der Waals surface area (Å²) in [5.41, 5.74) is 0.307. The third-order valence-electron chi connectivity index (χ3n) is 1.71. The molecule has 0 spiro atoms. The van der Waals surface area contributed by atoms with Crippen LogP contribution in [-0.2, 0) is 4.74 Å². The fraction of sp³-hybridized carbons (Fsp3) is 0.625. The Labute approximate surface area is 91.4 Å². The fourth-order valence-corrected chi connectivity index (χ4v) is 1.42. The molecule has 0 fully saturated rings. The molecule has 0 radical (unpaired) electrons. The van der Waals surface area contributed by atoms with Gasteiger partial charge in [-0.15, -0.1) is 5.10 Å². The van der Waals surface area contributed by atoms with Gasteiger partial charge in [0.1, 0.15) is 0 Å². The Morgan fingerprint density at radius 3 is 3.20 bits per heavy atom. The highest BCUT2D eigenvalue weighted by Gasteiger charge is 2.09. The van der Waals surface area contributed by atoms with Crippen molar-refractivity contribution < 1.29 is 14.6 Å². The summed E-state index contributed by atoms with van der Waals surface area (Å²) in [6.45, 7) is 0.662. The molecule has 1 heterocycles. The summed E-state index contributed by atoms with van der Waals surface area (Å²) in [4.78, 5) is 11.3. The third-order valence-corrected chi connectivity index (χ3v) is 2.22. The minimum Gasteiger partial charge on any atom is -0.391 e. The van der Waals surface area contributed by atoms with E-state index >= 15 is 0 Å². The second-order valence-electron chi connectivity index (χ2n) is 2.94. The van der Waals surface area contributed by atoms with Crippen molar-refractivity contribution in [2.24, 2.45) is 0 Å². The smallest absolute Gasteiger partial charge is 0.272 e. The molecule has 0 saturated carbocycles. The Morgan fingerprint density at radius 1 is 1.80 bits per heavy atom. The standard InChI is InChI=1S/C8H13N3O3S/c1-14-4-6(12)2-3-9-8(13)7-5-15-11-10-7/h5-6,12H,2-4H2,1H3,(H,9,13). The summed E-state index contributed by atoms with van der Waals surface area (Å²) in [6.07, 6.45) is -0.0965. The highest BCUT2D eigenvalue weighted by atomic mass is 32.1. The second-order valence-corrected chi connectivity index (χ2v) is 3.55. The van der Waals surface area contributed by atoms with Gasteiger partial charge in [0.15, 0.2) is 5.69 Å². The number of methoxy groups -OCH3 is 1. The molecule has 0 aliphatic carbocycles. The number of amides is 1. The molecule has 1 amide bonds. The Bertz CT molecular complexity index is 291. The van der Waals surface area contributed by atoms with Gasteiger partial charge in [0, 0.05) is 19.0 Å². The molecular formula is C8H13N3O3S. The van der Waals surface area contributed by atoms with Crippen molar-refractivity contribution in [1.82, 2.24) is 14.9 Å². The van der Waals surface area contributed by atoms with Crippen molar-refractivity contribution >= 4 is 17.4 Å². The van der Waals surface area contributed by atoms with Crippen molar-refractivity contribution in [1.29, 1.82) is 0 Å². The van der Waals surface area contributed by atoms with Crippen LogP contribution in [0.15, 0.2) is 5.38 Å². The first-order valence-corrected chi connectivity index (χ1v) is 5.30. The zero-order valence-corrected chi connectivity index (χ0v) is 9.16. The van der Waals surface area contributed by atoms with E-state index in [9.17, 15) is 9.90 Å². The van der Waals surface area contributed by atoms with Gasteiger partial charge in [-0.2, -0.15) is 0 Å². The lowest BCUT2D eigenvalue weighted by molar-refractivity contribution is 0.0587. The van der Waals surface area contributed by atoms with E-state index in [1.54, 1.807) is 5.38 Å². The first-order valence-electron chi connectivity index (χ1n) is 4.46. The maximum atomic E-state index is 11.3. The molecule has 7 heteroatoms. The van der Waals surface area contributed by atoms with Gasteiger partial charge in [0.05, 0.1) is 12.7 Å². The summed E-state index contributed by atoms with van der Waals surface area (Å²) in [5, 5.41) is 17.1. The summed E-state index contributed by atoms with van der Waals surface area (Å²) >= 11 is 1.12. The van der Waals surface area contributed by atoms with E-state index in [4.69, 9.17) is 4.74 Å². The van der Waals surface area contributed by atoms with Crippen LogP contribution in [0.3, 0.4) is 0 Å². The number of hydrogen-bond acceptors (Lipinski definition) is 6. The Balaban J connectivity index is 2.18. The van der Waals surface area contributed by atoms with E-state index in [2.05, 4.69) is 14.9 Å². The summed E-state index contributed by atoms with van der Waals surface area (Å²) < 4.78 is 8.33. The number of aromatic nitrogens is 2. The topological polar surface area (TPSA) is 84.3 Å². The Kier molecular flexibility index (Phi) is 5.16. The van der Waals surface area contributed by atoms with E-state index in [-0.39, 0.29) is 12.5 Å². The van der Waals surface area contributed by atoms with Crippen LogP contribution in [0.25, 0.3) is 0 Å². The zero-order valence-electron chi connectivity index (χ0n) is 8.34. The minimum absolute atomic E-state index is 0.270. The van der Waals surface area contributed by atoms with Gasteiger partial charge in [0.25, 0.3) is 5.91 Å². The van der Waals surface area contributed by atoms with Crippen LogP contribution < -0.4 is 5.32 Å². The molecule has 1 rings (SSSR count). The number of aliphatic hydroxyl groups excluding tert-OH is 1. The molecule has 1 aromatic rings. The number of hydrogen-bond donors (Lipinski definition) is 2. The maximum Gasteiger partial charge on any atom is 0.272 e. The molecule has 15 heavy (non-hydrogen) atoms. The van der Waals surface area contributed by atoms with Gasteiger partial charge >= 0.3 is 0 Å². The highest BCUT2D eigenvalue weighted by Crippen LogP contribution is 1.97. The number of rotatable bonds is 6. The number of carbonyl (C=O) groups excluding carboxylic acids is 1. The van der Waals surface area contributed by atoms with E-state index in [0.717, 1.165) is 11.5 Å². The van der Waals surface area contributed by atoms with Crippen LogP contribution >= 0.6 is 11.5 Å². The molecule has 0 aliphatic rings. The summed E-state index contributed by atoms with van der Waals surface area (Å²) in [6, 6.07) is 0. The molecule has 0 aliphatic heterocycles. The molecular weight excluding hydrogens is 218 g/mol. The van der Waals surface area contributed by atoms with Crippen LogP contribution in [0.5, 0.6) is 0 Å². The highest BCUT2D eigenvalue weighted by molar-refractivity contribution is 7.03. The van der Waals surface area contributed by atoms with Gasteiger partial charge in [-0.25, -0.2) is 0 Å². The number of carbonyl (C=O) groups is 1. The average molecular weight is 231 g/mol. The van der Waals surface area contributed by atoms with Crippen molar-refractivity contribution in [2.45, 2.75) is 12.5 Å². The average Bonchev–Trinajstić information content (AvgIpc) is 2.70. The number of nitrogens with one attached hydrogen (secondary N) is 1. The predicted molar refractivity (Wildman–Crippen MR) is 54.7 cm³/mol. The van der Waals surface area contributed by atoms with Gasteiger partial charge in [0.2, 0.25) is 0 Å². The molecule has 1 aromatic heterocycles. The number of nitrogens with zero attached hydrogens (tertiary/aromatic N) is 2. The quantitative estimate of drug-likeness (QED) is 0.700. The normalized spacial score (nSPS) is 12.4. The lowest BCUT2D eigenvalue weighted by atomic mass is 10.2. The maximum absolute atomic E-state index is 11.3. The first kappa shape index (κ1) is 12.0. The van der Waals surface area contributed by atoms with Crippen LogP contribution in [0, 0.1) is 0 Å². The molecule has 6 nitrogen and oxygen atoms in total. The number of aliphatic hydroxyl groups is 1. The molecule has 2 N–H and O–H groups in total. The SMILES string of the molecule is COCC(O)CCNC(=O)c1csnn1. The summed E-state index contributed by atoms with van der Waals surface area (Å²) in [5.74, 6) is -0.270. The molecule has 84 valence electrons. The van der Waals surface area contributed by atoms with Crippen molar-refractivity contribution in [3.8, 4) is 0 Å². The van der Waals surface area contributed by atoms with Crippen molar-refractivity contribution in [3.63, 3.8) is 0 Å². The van der Waals surface area contributed by atoms with Gasteiger partial charge < -0.3 is 15.2 Å². The van der Waals surface area contributed by atoms with Crippen molar-refractivity contribution in [2.75, 3.05) is 20.3 Å². The molecule has 0 saturated heterocycles. The minimum atomic E-state index is -0.552.